The van der Waals surface area contributed by atoms with Crippen molar-refractivity contribution in [2.75, 3.05) is 4.90 Å². The number of para-hydroxylation sites is 6. The highest BCUT2D eigenvalue weighted by molar-refractivity contribution is 6.17. The number of nitrogens with zero attached hydrogens (tertiary/aromatic N) is 4. The van der Waals surface area contributed by atoms with Crippen molar-refractivity contribution in [3.8, 4) is 16.9 Å². The third-order valence-corrected chi connectivity index (χ3v) is 9.40. The zero-order chi connectivity index (χ0) is 32.3. The molecule has 0 radical (unpaired) electrons. The largest absolute Gasteiger partial charge is 0.455 e. The van der Waals surface area contributed by atoms with E-state index in [-0.39, 0.29) is 0 Å². The summed E-state index contributed by atoms with van der Waals surface area (Å²) in [6.07, 6.45) is 0. The maximum Gasteiger partial charge on any atom is 0.235 e. The molecule has 0 amide bonds. The SMILES string of the molecule is c1ccc(N(c2nc(-c3cccc4c3oc3ccccc34)c3ccccc3n2)c2cccc3c2c2ccccc2n3-c2ccccc2)cc1. The predicted octanol–water partition coefficient (Wildman–Crippen LogP) is 11.8. The number of hydrogen-bond donors (Lipinski definition) is 0. The molecule has 230 valence electrons. The van der Waals surface area contributed by atoms with Gasteiger partial charge in [-0.25, -0.2) is 9.97 Å². The van der Waals surface area contributed by atoms with Crippen LogP contribution >= 0.6 is 0 Å². The van der Waals surface area contributed by atoms with E-state index in [9.17, 15) is 0 Å². The monoisotopic (exact) mass is 628 g/mol. The van der Waals surface area contributed by atoms with Gasteiger partial charge >= 0.3 is 0 Å². The second-order valence-electron chi connectivity index (χ2n) is 12.2. The summed E-state index contributed by atoms with van der Waals surface area (Å²) in [6.45, 7) is 0. The molecular weight excluding hydrogens is 601 g/mol. The lowest BCUT2D eigenvalue weighted by Gasteiger charge is -2.25. The summed E-state index contributed by atoms with van der Waals surface area (Å²) in [6, 6.07) is 58.8. The van der Waals surface area contributed by atoms with Crippen molar-refractivity contribution in [3.05, 3.63) is 170 Å². The lowest BCUT2D eigenvalue weighted by atomic mass is 10.0. The minimum Gasteiger partial charge on any atom is -0.455 e. The van der Waals surface area contributed by atoms with Crippen molar-refractivity contribution in [1.82, 2.24) is 14.5 Å². The molecule has 0 fully saturated rings. The van der Waals surface area contributed by atoms with Gasteiger partial charge in [0.25, 0.3) is 0 Å². The van der Waals surface area contributed by atoms with E-state index in [1.165, 1.54) is 0 Å². The molecule has 0 saturated heterocycles. The quantitative estimate of drug-likeness (QED) is 0.190. The Labute approximate surface area is 281 Å². The van der Waals surface area contributed by atoms with E-state index in [0.717, 1.165) is 83.0 Å². The highest BCUT2D eigenvalue weighted by atomic mass is 16.3. The molecule has 0 saturated carbocycles. The normalized spacial score (nSPS) is 11.7. The molecule has 10 aromatic rings. The van der Waals surface area contributed by atoms with Gasteiger partial charge in [0.05, 0.1) is 27.9 Å². The molecule has 0 spiro atoms. The maximum atomic E-state index is 6.53. The Balaban J connectivity index is 1.29. The lowest BCUT2D eigenvalue weighted by Crippen LogP contribution is -2.14. The van der Waals surface area contributed by atoms with Gasteiger partial charge in [0.2, 0.25) is 5.95 Å². The van der Waals surface area contributed by atoms with Gasteiger partial charge in [0.15, 0.2) is 0 Å². The summed E-state index contributed by atoms with van der Waals surface area (Å²) in [5.41, 5.74) is 9.61. The molecule has 0 atom stereocenters. The van der Waals surface area contributed by atoms with E-state index in [1.54, 1.807) is 0 Å². The average molecular weight is 629 g/mol. The summed E-state index contributed by atoms with van der Waals surface area (Å²) in [5, 5.41) is 5.40. The lowest BCUT2D eigenvalue weighted by molar-refractivity contribution is 0.670. The summed E-state index contributed by atoms with van der Waals surface area (Å²) in [5.74, 6) is 0.581. The van der Waals surface area contributed by atoms with Crippen molar-refractivity contribution in [1.29, 1.82) is 0 Å². The molecule has 7 aromatic carbocycles. The van der Waals surface area contributed by atoms with Crippen molar-refractivity contribution in [2.45, 2.75) is 0 Å². The molecule has 5 heteroatoms. The van der Waals surface area contributed by atoms with Gasteiger partial charge in [-0.1, -0.05) is 109 Å². The number of benzene rings is 7. The summed E-state index contributed by atoms with van der Waals surface area (Å²) in [4.78, 5) is 12.9. The Morgan fingerprint density at radius 3 is 2.00 bits per heavy atom. The van der Waals surface area contributed by atoms with Crippen LogP contribution in [0.4, 0.5) is 17.3 Å². The van der Waals surface area contributed by atoms with Gasteiger partial charge < -0.3 is 8.98 Å². The van der Waals surface area contributed by atoms with E-state index in [2.05, 4.69) is 149 Å². The van der Waals surface area contributed by atoms with Gasteiger partial charge in [-0.2, -0.15) is 0 Å². The molecule has 49 heavy (non-hydrogen) atoms. The summed E-state index contributed by atoms with van der Waals surface area (Å²) < 4.78 is 8.87. The highest BCUT2D eigenvalue weighted by Gasteiger charge is 2.24. The Morgan fingerprint density at radius 2 is 1.14 bits per heavy atom. The fraction of sp³-hybridized carbons (Fsp3) is 0. The number of hydrogen-bond acceptors (Lipinski definition) is 4. The number of aromatic nitrogens is 3. The first kappa shape index (κ1) is 27.4. The summed E-state index contributed by atoms with van der Waals surface area (Å²) in [7, 11) is 0. The van der Waals surface area contributed by atoms with Gasteiger partial charge in [-0.15, -0.1) is 0 Å². The molecule has 0 aliphatic heterocycles. The van der Waals surface area contributed by atoms with Crippen molar-refractivity contribution in [3.63, 3.8) is 0 Å². The average Bonchev–Trinajstić information content (AvgIpc) is 3.72. The molecule has 0 unspecified atom stereocenters. The summed E-state index contributed by atoms with van der Waals surface area (Å²) >= 11 is 0. The molecular formula is C44H28N4O. The van der Waals surface area contributed by atoms with Crippen LogP contribution in [0, 0.1) is 0 Å². The molecule has 5 nitrogen and oxygen atoms in total. The van der Waals surface area contributed by atoms with Crippen LogP contribution in [0.2, 0.25) is 0 Å². The van der Waals surface area contributed by atoms with E-state index < -0.39 is 0 Å². The van der Waals surface area contributed by atoms with Crippen LogP contribution in [0.5, 0.6) is 0 Å². The Bertz CT molecular complexity index is 2840. The minimum atomic E-state index is 0.581. The van der Waals surface area contributed by atoms with Gasteiger partial charge in [0.1, 0.15) is 11.2 Å². The van der Waals surface area contributed by atoms with E-state index in [1.807, 2.05) is 30.3 Å². The van der Waals surface area contributed by atoms with Gasteiger partial charge in [-0.05, 0) is 60.7 Å². The third kappa shape index (κ3) is 4.26. The first-order valence-electron chi connectivity index (χ1n) is 16.4. The fourth-order valence-corrected chi connectivity index (χ4v) is 7.28. The smallest absolute Gasteiger partial charge is 0.235 e. The third-order valence-electron chi connectivity index (χ3n) is 9.40. The molecule has 10 rings (SSSR count). The van der Waals surface area contributed by atoms with E-state index in [0.29, 0.717) is 5.95 Å². The van der Waals surface area contributed by atoms with Gasteiger partial charge in [-0.3, -0.25) is 4.90 Å². The Morgan fingerprint density at radius 1 is 0.490 bits per heavy atom. The standard InChI is InChI=1S/C44H28N4O/c1-3-15-29(16-4-1)47-37-25-11-8-21-34(37)41-38(47)26-14-27-39(41)48(30-17-5-2-6-18-30)44-45-36-24-10-7-20-33(36)42(46-44)35-23-13-22-32-31-19-9-12-28-40(31)49-43(32)35/h1-28H. The Kier molecular flexibility index (Phi) is 6.11. The molecule has 0 N–H and O–H groups in total. The second kappa shape index (κ2) is 10.9. The first-order valence-corrected chi connectivity index (χ1v) is 16.4. The predicted molar refractivity (Wildman–Crippen MR) is 201 cm³/mol. The topological polar surface area (TPSA) is 47.1 Å². The van der Waals surface area contributed by atoms with Crippen LogP contribution < -0.4 is 4.90 Å². The fourth-order valence-electron chi connectivity index (χ4n) is 7.28. The number of anilines is 3. The zero-order valence-corrected chi connectivity index (χ0v) is 26.4. The van der Waals surface area contributed by atoms with Crippen molar-refractivity contribution < 1.29 is 4.42 Å². The number of furan rings is 1. The Hall–Kier alpha value is -6.72. The van der Waals surface area contributed by atoms with Gasteiger partial charge in [0, 0.05) is 43.9 Å². The molecule has 3 aromatic heterocycles. The highest BCUT2D eigenvalue weighted by Crippen LogP contribution is 2.44. The molecule has 0 bridgehead atoms. The van der Waals surface area contributed by atoms with E-state index in [4.69, 9.17) is 14.4 Å². The van der Waals surface area contributed by atoms with Crippen LogP contribution in [-0.4, -0.2) is 14.5 Å². The number of fused-ring (bicyclic) bond motifs is 7. The van der Waals surface area contributed by atoms with Crippen molar-refractivity contribution in [2.24, 2.45) is 0 Å². The second-order valence-corrected chi connectivity index (χ2v) is 12.2. The number of rotatable bonds is 5. The maximum absolute atomic E-state index is 6.53. The molecule has 0 aliphatic rings. The minimum absolute atomic E-state index is 0.581. The van der Waals surface area contributed by atoms with Crippen LogP contribution in [0.3, 0.4) is 0 Å². The molecule has 3 heterocycles. The molecule has 0 aliphatic carbocycles. The van der Waals surface area contributed by atoms with Crippen LogP contribution in [-0.2, 0) is 0 Å². The first-order chi connectivity index (χ1) is 24.3. The van der Waals surface area contributed by atoms with Crippen LogP contribution in [0.25, 0.3) is 71.6 Å². The van der Waals surface area contributed by atoms with Crippen molar-refractivity contribution >= 4 is 72.0 Å². The van der Waals surface area contributed by atoms with Crippen LogP contribution in [0.15, 0.2) is 174 Å². The van der Waals surface area contributed by atoms with Crippen LogP contribution in [0.1, 0.15) is 0 Å². The zero-order valence-electron chi connectivity index (χ0n) is 26.4. The van der Waals surface area contributed by atoms with E-state index >= 15 is 0 Å².